The van der Waals surface area contributed by atoms with E-state index < -0.39 is 0 Å². The lowest BCUT2D eigenvalue weighted by molar-refractivity contribution is 0.582. The summed E-state index contributed by atoms with van der Waals surface area (Å²) in [6.07, 6.45) is 5.20. The van der Waals surface area contributed by atoms with Crippen molar-refractivity contribution in [3.8, 4) is 6.07 Å². The molecule has 2 atom stereocenters. The Morgan fingerprint density at radius 2 is 1.89 bits per heavy atom. The van der Waals surface area contributed by atoms with Crippen molar-refractivity contribution in [3.63, 3.8) is 0 Å². The van der Waals surface area contributed by atoms with Gasteiger partial charge in [-0.15, -0.1) is 0 Å². The second-order valence-electron chi connectivity index (χ2n) is 8.54. The minimum atomic E-state index is -0.235. The molecule has 36 heavy (non-hydrogen) atoms. The molecule has 0 fully saturated rings. The molecule has 0 aliphatic carbocycles. The van der Waals surface area contributed by atoms with Gasteiger partial charge in [0.15, 0.2) is 0 Å². The number of aromatic nitrogens is 2. The molecular formula is C27H25ClN8. The summed E-state index contributed by atoms with van der Waals surface area (Å²) < 4.78 is 0. The predicted octanol–water partition coefficient (Wildman–Crippen LogP) is 5.24. The van der Waals surface area contributed by atoms with E-state index in [0.717, 1.165) is 33.6 Å². The highest BCUT2D eigenvalue weighted by atomic mass is 35.5. The highest BCUT2D eigenvalue weighted by Gasteiger charge is 2.23. The van der Waals surface area contributed by atoms with Crippen molar-refractivity contribution in [3.05, 3.63) is 106 Å². The number of benzene rings is 2. The minimum absolute atomic E-state index is 0.0323. The van der Waals surface area contributed by atoms with Gasteiger partial charge in [-0.2, -0.15) is 10.8 Å². The number of rotatable bonds is 7. The van der Waals surface area contributed by atoms with Crippen LogP contribution in [0.25, 0.3) is 10.9 Å². The van der Waals surface area contributed by atoms with Crippen LogP contribution in [-0.4, -0.2) is 9.97 Å². The molecule has 8 nitrogen and oxygen atoms in total. The molecule has 1 aliphatic heterocycles. The van der Waals surface area contributed by atoms with Crippen LogP contribution in [0.3, 0.4) is 0 Å². The maximum Gasteiger partial charge on any atom is 0.103 e. The molecule has 5 N–H and O–H groups in total. The number of hydrogen-bond acceptors (Lipinski definition) is 8. The van der Waals surface area contributed by atoms with E-state index in [1.165, 1.54) is 0 Å². The summed E-state index contributed by atoms with van der Waals surface area (Å²) in [4.78, 5) is 8.95. The summed E-state index contributed by atoms with van der Waals surface area (Å²) in [5, 5.41) is 18.2. The quantitative estimate of drug-likeness (QED) is 0.236. The minimum Gasteiger partial charge on any atom is -0.377 e. The predicted molar refractivity (Wildman–Crippen MR) is 143 cm³/mol. The molecule has 0 unspecified atom stereocenters. The topological polar surface area (TPSA) is 110 Å². The molecule has 0 radical (unpaired) electrons. The number of pyridine rings is 2. The number of nitrogens with zero attached hydrogens (tertiary/aromatic N) is 3. The fourth-order valence-corrected chi connectivity index (χ4v) is 4.60. The van der Waals surface area contributed by atoms with Crippen molar-refractivity contribution in [2.24, 2.45) is 0 Å². The van der Waals surface area contributed by atoms with Crippen LogP contribution in [0.4, 0.5) is 11.4 Å². The molecule has 180 valence electrons. The number of hydrazine groups is 2. The average Bonchev–Trinajstić information content (AvgIpc) is 3.43. The molecule has 0 bridgehead atoms. The van der Waals surface area contributed by atoms with E-state index in [2.05, 4.69) is 62.1 Å². The van der Waals surface area contributed by atoms with Crippen molar-refractivity contribution in [1.29, 1.82) is 5.26 Å². The number of fused-ring (bicyclic) bond motifs is 1. The Balaban J connectivity index is 1.58. The van der Waals surface area contributed by atoms with Crippen LogP contribution in [0.1, 0.15) is 41.4 Å². The fraction of sp³-hybridized carbons (Fsp3) is 0.148. The van der Waals surface area contributed by atoms with Gasteiger partial charge in [0.2, 0.25) is 0 Å². The van der Waals surface area contributed by atoms with Crippen LogP contribution in [0.2, 0.25) is 5.02 Å². The summed E-state index contributed by atoms with van der Waals surface area (Å²) in [7, 11) is 0. The number of aryl methyl sites for hydroxylation is 1. The normalized spacial score (nSPS) is 14.2. The van der Waals surface area contributed by atoms with Gasteiger partial charge >= 0.3 is 0 Å². The molecule has 2 aromatic heterocycles. The Morgan fingerprint density at radius 3 is 2.61 bits per heavy atom. The van der Waals surface area contributed by atoms with Crippen LogP contribution < -0.4 is 27.0 Å². The third kappa shape index (κ3) is 4.62. The summed E-state index contributed by atoms with van der Waals surface area (Å²) >= 11 is 6.72. The third-order valence-corrected chi connectivity index (χ3v) is 6.48. The lowest BCUT2D eigenvalue weighted by atomic mass is 10.0. The second-order valence-corrected chi connectivity index (χ2v) is 8.95. The Kier molecular flexibility index (Phi) is 6.58. The first-order valence-electron chi connectivity index (χ1n) is 11.5. The number of anilines is 2. The number of nitrogens with one attached hydrogen (secondary N) is 5. The van der Waals surface area contributed by atoms with Gasteiger partial charge in [0.25, 0.3) is 0 Å². The lowest BCUT2D eigenvalue weighted by Crippen LogP contribution is -2.34. The SMILES string of the molecule is Cc1ncccc1[C@H](Nc1cc(Cl)c2ncc(C#N)c(N[C@H](C)c3ccccc3)c2c1)C1=CNNN1. The van der Waals surface area contributed by atoms with E-state index in [0.29, 0.717) is 21.8 Å². The second kappa shape index (κ2) is 10.1. The number of nitriles is 1. The average molecular weight is 497 g/mol. The van der Waals surface area contributed by atoms with Crippen LogP contribution >= 0.6 is 11.6 Å². The molecule has 9 heteroatoms. The van der Waals surface area contributed by atoms with E-state index >= 15 is 0 Å². The van der Waals surface area contributed by atoms with Gasteiger partial charge in [0.05, 0.1) is 33.5 Å². The van der Waals surface area contributed by atoms with Crippen molar-refractivity contribution < 1.29 is 0 Å². The summed E-state index contributed by atoms with van der Waals surface area (Å²) in [5.41, 5.74) is 15.5. The van der Waals surface area contributed by atoms with Crippen LogP contribution in [0.15, 0.2) is 78.9 Å². The van der Waals surface area contributed by atoms with Gasteiger partial charge in [0, 0.05) is 47.0 Å². The summed E-state index contributed by atoms with van der Waals surface area (Å²) in [5.74, 6) is 0. The Morgan fingerprint density at radius 1 is 1.06 bits per heavy atom. The zero-order valence-electron chi connectivity index (χ0n) is 19.8. The van der Waals surface area contributed by atoms with E-state index in [4.69, 9.17) is 11.6 Å². The number of hydrogen-bond donors (Lipinski definition) is 5. The Labute approximate surface area is 214 Å². The molecular weight excluding hydrogens is 472 g/mol. The third-order valence-electron chi connectivity index (χ3n) is 6.19. The van der Waals surface area contributed by atoms with E-state index in [9.17, 15) is 5.26 Å². The molecule has 0 saturated heterocycles. The molecule has 5 rings (SSSR count). The molecule has 3 heterocycles. The Hall–Kier alpha value is -4.32. The van der Waals surface area contributed by atoms with Gasteiger partial charge < -0.3 is 21.5 Å². The fourth-order valence-electron chi connectivity index (χ4n) is 4.33. The highest BCUT2D eigenvalue weighted by Crippen LogP contribution is 2.37. The van der Waals surface area contributed by atoms with Gasteiger partial charge in [0.1, 0.15) is 6.07 Å². The van der Waals surface area contributed by atoms with E-state index in [-0.39, 0.29) is 12.1 Å². The van der Waals surface area contributed by atoms with Crippen molar-refractivity contribution >= 4 is 33.9 Å². The maximum absolute atomic E-state index is 9.85. The molecule has 0 spiro atoms. The lowest BCUT2D eigenvalue weighted by Gasteiger charge is -2.24. The largest absolute Gasteiger partial charge is 0.377 e. The first-order chi connectivity index (χ1) is 17.5. The van der Waals surface area contributed by atoms with Gasteiger partial charge in [-0.05, 0) is 37.6 Å². The van der Waals surface area contributed by atoms with Gasteiger partial charge in [-0.25, -0.2) is 0 Å². The summed E-state index contributed by atoms with van der Waals surface area (Å²) in [6.45, 7) is 4.04. The van der Waals surface area contributed by atoms with E-state index in [1.807, 2.05) is 55.6 Å². The smallest absolute Gasteiger partial charge is 0.103 e. The van der Waals surface area contributed by atoms with Gasteiger partial charge in [-0.1, -0.05) is 48.0 Å². The standard InChI is InChI=1S/C27H25ClN8/c1-16(18-7-4-3-5-8-18)33-25-19(13-29)14-31-26-22(25)11-20(12-23(26)28)34-27(24-15-32-36-35-24)21-9-6-10-30-17(21)2/h3-12,14-16,27,32,34-36H,1-2H3,(H,31,33)/t16-,27+/m1/s1. The monoisotopic (exact) mass is 496 g/mol. The molecule has 0 amide bonds. The maximum atomic E-state index is 9.85. The van der Waals surface area contributed by atoms with Crippen molar-refractivity contribution in [1.82, 2.24) is 26.4 Å². The van der Waals surface area contributed by atoms with Gasteiger partial charge in [-0.3, -0.25) is 9.97 Å². The zero-order chi connectivity index (χ0) is 25.1. The first-order valence-corrected chi connectivity index (χ1v) is 11.9. The molecule has 1 aliphatic rings. The zero-order valence-corrected chi connectivity index (χ0v) is 20.6. The highest BCUT2D eigenvalue weighted by molar-refractivity contribution is 6.35. The number of halogens is 1. The van der Waals surface area contributed by atoms with Crippen LogP contribution in [-0.2, 0) is 0 Å². The van der Waals surface area contributed by atoms with Crippen LogP contribution in [0, 0.1) is 18.3 Å². The van der Waals surface area contributed by atoms with Crippen LogP contribution in [0.5, 0.6) is 0 Å². The summed E-state index contributed by atoms with van der Waals surface area (Å²) in [6, 6.07) is 19.9. The first kappa shape index (κ1) is 23.4. The molecule has 4 aromatic rings. The van der Waals surface area contributed by atoms with Crippen molar-refractivity contribution in [2.45, 2.75) is 25.9 Å². The molecule has 0 saturated carbocycles. The van der Waals surface area contributed by atoms with E-state index in [1.54, 1.807) is 12.4 Å². The Bertz CT molecular complexity index is 1480. The molecule has 2 aromatic carbocycles. The van der Waals surface area contributed by atoms with Crippen molar-refractivity contribution in [2.75, 3.05) is 10.6 Å².